The van der Waals surface area contributed by atoms with Crippen molar-refractivity contribution >= 4 is 9.84 Å². The Bertz CT molecular complexity index is 871. The number of nitrogens with zero attached hydrogens (tertiary/aromatic N) is 3. The van der Waals surface area contributed by atoms with Gasteiger partial charge in [-0.15, -0.1) is 0 Å². The van der Waals surface area contributed by atoms with Crippen LogP contribution in [0, 0.1) is 13.8 Å². The van der Waals surface area contributed by atoms with Gasteiger partial charge in [-0.3, -0.25) is 9.58 Å². The van der Waals surface area contributed by atoms with Crippen molar-refractivity contribution in [3.63, 3.8) is 0 Å². The smallest absolute Gasteiger partial charge is 0.179 e. The molecule has 0 N–H and O–H groups in total. The molecular formula is C19H27N3O2S. The van der Waals surface area contributed by atoms with Crippen LogP contribution < -0.4 is 0 Å². The number of benzene rings is 1. The Morgan fingerprint density at radius 1 is 1.32 bits per heavy atom. The number of hydrogen-bond acceptors (Lipinski definition) is 4. The van der Waals surface area contributed by atoms with Crippen LogP contribution in [0.2, 0.25) is 0 Å². The molecule has 6 heteroatoms. The maximum atomic E-state index is 12.8. The summed E-state index contributed by atoms with van der Waals surface area (Å²) in [6.07, 6.45) is 5.16. The Balaban J connectivity index is 1.74. The molecule has 0 saturated carbocycles. The summed E-state index contributed by atoms with van der Waals surface area (Å²) < 4.78 is 27.5. The van der Waals surface area contributed by atoms with E-state index >= 15 is 0 Å². The van der Waals surface area contributed by atoms with Gasteiger partial charge >= 0.3 is 0 Å². The van der Waals surface area contributed by atoms with Crippen molar-refractivity contribution in [3.05, 3.63) is 46.8 Å². The first-order chi connectivity index (χ1) is 11.8. The maximum Gasteiger partial charge on any atom is 0.179 e. The summed E-state index contributed by atoms with van der Waals surface area (Å²) in [6.45, 7) is 4.31. The number of fused-ring (bicyclic) bond motifs is 1. The highest BCUT2D eigenvalue weighted by molar-refractivity contribution is 7.91. The molecule has 136 valence electrons. The summed E-state index contributed by atoms with van der Waals surface area (Å²) in [7, 11) is 0.716. The van der Waals surface area contributed by atoms with Crippen molar-refractivity contribution in [2.45, 2.75) is 44.0 Å². The van der Waals surface area contributed by atoms with Crippen molar-refractivity contribution < 1.29 is 8.42 Å². The van der Waals surface area contributed by atoms with Gasteiger partial charge in [0.05, 0.1) is 16.8 Å². The van der Waals surface area contributed by atoms with Crippen LogP contribution >= 0.6 is 0 Å². The van der Waals surface area contributed by atoms with Crippen LogP contribution in [-0.4, -0.2) is 42.4 Å². The normalized spacial score (nSPS) is 17.7. The molecule has 2 aromatic rings. The molecule has 0 bridgehead atoms. The summed E-state index contributed by atoms with van der Waals surface area (Å²) in [6, 6.07) is 5.87. The van der Waals surface area contributed by atoms with Crippen LogP contribution in [0.4, 0.5) is 0 Å². The molecule has 0 spiro atoms. The van der Waals surface area contributed by atoms with Gasteiger partial charge in [-0.2, -0.15) is 5.10 Å². The number of rotatable bonds is 5. The average Bonchev–Trinajstić information content (AvgIpc) is 2.96. The van der Waals surface area contributed by atoms with Crippen LogP contribution in [0.25, 0.3) is 0 Å². The number of aryl methyl sites for hydroxylation is 3. The van der Waals surface area contributed by atoms with Crippen LogP contribution in [0.15, 0.2) is 29.3 Å². The molecule has 1 unspecified atom stereocenters. The third kappa shape index (κ3) is 3.65. The lowest BCUT2D eigenvalue weighted by molar-refractivity contribution is 0.232. The Morgan fingerprint density at radius 2 is 2.08 bits per heavy atom. The van der Waals surface area contributed by atoms with Crippen LogP contribution in [0.3, 0.4) is 0 Å². The zero-order valence-electron chi connectivity index (χ0n) is 15.5. The lowest BCUT2D eigenvalue weighted by Gasteiger charge is -2.31. The van der Waals surface area contributed by atoms with Crippen molar-refractivity contribution in [1.82, 2.24) is 14.7 Å². The van der Waals surface area contributed by atoms with Crippen molar-refractivity contribution in [2.24, 2.45) is 7.05 Å². The van der Waals surface area contributed by atoms with E-state index in [1.807, 2.05) is 51.0 Å². The van der Waals surface area contributed by atoms with Crippen molar-refractivity contribution in [2.75, 3.05) is 19.3 Å². The minimum atomic E-state index is -3.28. The molecule has 1 atom stereocenters. The molecule has 25 heavy (non-hydrogen) atoms. The minimum Gasteiger partial charge on any atom is -0.298 e. The fourth-order valence-corrected chi connectivity index (χ4v) is 5.39. The van der Waals surface area contributed by atoms with Gasteiger partial charge in [0.2, 0.25) is 0 Å². The molecular weight excluding hydrogens is 334 g/mol. The quantitative estimate of drug-likeness (QED) is 0.822. The average molecular weight is 362 g/mol. The maximum absolute atomic E-state index is 12.8. The molecule has 1 aliphatic rings. The number of hydrogen-bond donors (Lipinski definition) is 0. The predicted molar refractivity (Wildman–Crippen MR) is 99.5 cm³/mol. The fourth-order valence-electron chi connectivity index (χ4n) is 3.71. The Kier molecular flexibility index (Phi) is 5.02. The summed E-state index contributed by atoms with van der Waals surface area (Å²) in [5.74, 6) is 0.139. The van der Waals surface area contributed by atoms with Gasteiger partial charge < -0.3 is 0 Å². The van der Waals surface area contributed by atoms with Gasteiger partial charge in [0.1, 0.15) is 0 Å². The molecule has 1 heterocycles. The molecule has 1 aliphatic carbocycles. The molecule has 3 rings (SSSR count). The number of sulfone groups is 1. The SMILES string of the molecule is Cc1ccc(C)c(S(=O)(=O)CCN(C)C2CCCc3c2cnn3C)c1. The van der Waals surface area contributed by atoms with E-state index in [1.165, 1.54) is 11.3 Å². The Labute approximate surface area is 150 Å². The van der Waals surface area contributed by atoms with E-state index in [2.05, 4.69) is 10.00 Å². The van der Waals surface area contributed by atoms with Crippen molar-refractivity contribution in [1.29, 1.82) is 0 Å². The minimum absolute atomic E-state index is 0.139. The highest BCUT2D eigenvalue weighted by Gasteiger charge is 2.27. The van der Waals surface area contributed by atoms with E-state index < -0.39 is 9.84 Å². The summed E-state index contributed by atoms with van der Waals surface area (Å²) in [5, 5.41) is 4.38. The molecule has 0 amide bonds. The lowest BCUT2D eigenvalue weighted by Crippen LogP contribution is -2.32. The monoisotopic (exact) mass is 361 g/mol. The zero-order chi connectivity index (χ0) is 18.2. The second-order valence-electron chi connectivity index (χ2n) is 7.15. The second kappa shape index (κ2) is 6.92. The Hall–Kier alpha value is -1.66. The fraction of sp³-hybridized carbons (Fsp3) is 0.526. The van der Waals surface area contributed by atoms with Gasteiger partial charge in [0.15, 0.2) is 9.84 Å². The second-order valence-corrected chi connectivity index (χ2v) is 9.22. The van der Waals surface area contributed by atoms with E-state index in [-0.39, 0.29) is 11.8 Å². The Morgan fingerprint density at radius 3 is 2.84 bits per heavy atom. The summed E-state index contributed by atoms with van der Waals surface area (Å²) in [5.41, 5.74) is 4.33. The molecule has 0 fully saturated rings. The van der Waals surface area contributed by atoms with Crippen molar-refractivity contribution in [3.8, 4) is 0 Å². The summed E-state index contributed by atoms with van der Waals surface area (Å²) >= 11 is 0. The predicted octanol–water partition coefficient (Wildman–Crippen LogP) is 2.82. The third-order valence-electron chi connectivity index (χ3n) is 5.27. The molecule has 0 aliphatic heterocycles. The summed E-state index contributed by atoms with van der Waals surface area (Å²) in [4.78, 5) is 2.63. The van der Waals surface area contributed by atoms with Gasteiger partial charge in [-0.1, -0.05) is 12.1 Å². The molecule has 0 radical (unpaired) electrons. The van der Waals surface area contributed by atoms with E-state index in [0.717, 1.165) is 30.4 Å². The van der Waals surface area contributed by atoms with Crippen LogP contribution in [-0.2, 0) is 23.3 Å². The first-order valence-corrected chi connectivity index (χ1v) is 10.5. The first kappa shape index (κ1) is 18.1. The van der Waals surface area contributed by atoms with Gasteiger partial charge in [-0.25, -0.2) is 8.42 Å². The molecule has 1 aromatic heterocycles. The topological polar surface area (TPSA) is 55.2 Å². The molecule has 5 nitrogen and oxygen atoms in total. The zero-order valence-corrected chi connectivity index (χ0v) is 16.3. The lowest BCUT2D eigenvalue weighted by atomic mass is 9.92. The highest BCUT2D eigenvalue weighted by Crippen LogP contribution is 2.33. The van der Waals surface area contributed by atoms with E-state index in [0.29, 0.717) is 11.4 Å². The number of aromatic nitrogens is 2. The van der Waals surface area contributed by atoms with Crippen LogP contribution in [0.1, 0.15) is 41.3 Å². The standard InChI is InChI=1S/C19H27N3O2S/c1-14-8-9-15(2)19(12-14)25(23,24)11-10-21(3)17-6-5-7-18-16(17)13-20-22(18)4/h8-9,12-13,17H,5-7,10-11H2,1-4H3. The van der Waals surface area contributed by atoms with E-state index in [1.54, 1.807) is 6.07 Å². The molecule has 0 saturated heterocycles. The first-order valence-electron chi connectivity index (χ1n) is 8.80. The van der Waals surface area contributed by atoms with E-state index in [9.17, 15) is 8.42 Å². The van der Waals surface area contributed by atoms with Gasteiger partial charge in [0.25, 0.3) is 0 Å². The third-order valence-corrected chi connectivity index (χ3v) is 7.10. The van der Waals surface area contributed by atoms with E-state index in [4.69, 9.17) is 0 Å². The van der Waals surface area contributed by atoms with Gasteiger partial charge in [0, 0.05) is 30.9 Å². The van der Waals surface area contributed by atoms with Crippen LogP contribution in [0.5, 0.6) is 0 Å². The highest BCUT2D eigenvalue weighted by atomic mass is 32.2. The molecule has 1 aromatic carbocycles. The largest absolute Gasteiger partial charge is 0.298 e. The van der Waals surface area contributed by atoms with Gasteiger partial charge in [-0.05, 0) is 57.4 Å².